The van der Waals surface area contributed by atoms with Crippen LogP contribution < -0.4 is 15.4 Å². The first-order chi connectivity index (χ1) is 10.4. The average Bonchev–Trinajstić information content (AvgIpc) is 2.65. The van der Waals surface area contributed by atoms with Gasteiger partial charge >= 0.3 is 12.4 Å². The van der Waals surface area contributed by atoms with Crippen molar-refractivity contribution < 1.29 is 22.7 Å². The minimum absolute atomic E-state index is 0.122. The van der Waals surface area contributed by atoms with Crippen LogP contribution in [-0.2, 0) is 0 Å². The van der Waals surface area contributed by atoms with E-state index in [1.165, 1.54) is 31.0 Å². The molecule has 2 rings (SSSR count). The van der Waals surface area contributed by atoms with Gasteiger partial charge in [-0.1, -0.05) is 31.7 Å². The fourth-order valence-electron chi connectivity index (χ4n) is 2.55. The molecule has 122 valence electrons. The Bertz CT molecular complexity index is 498. The van der Waals surface area contributed by atoms with Gasteiger partial charge in [0.25, 0.3) is 0 Å². The standard InChI is InChI=1S/C15H19F3N2O2/c16-15(17,18)22-13-9-5-8-12(10-13)20-14(21)19-11-6-3-1-2-4-7-11/h5,8-11H,1-4,6-7H2,(H2,19,20,21). The second-order valence-corrected chi connectivity index (χ2v) is 5.36. The smallest absolute Gasteiger partial charge is 0.406 e. The first-order valence-corrected chi connectivity index (χ1v) is 7.36. The Morgan fingerprint density at radius 3 is 2.45 bits per heavy atom. The van der Waals surface area contributed by atoms with Crippen LogP contribution in [0.2, 0.25) is 0 Å². The van der Waals surface area contributed by atoms with E-state index in [4.69, 9.17) is 0 Å². The summed E-state index contributed by atoms with van der Waals surface area (Å²) < 4.78 is 40.3. The van der Waals surface area contributed by atoms with Gasteiger partial charge in [-0.15, -0.1) is 13.2 Å². The van der Waals surface area contributed by atoms with Crippen molar-refractivity contribution in [2.45, 2.75) is 50.9 Å². The van der Waals surface area contributed by atoms with Gasteiger partial charge in [0.15, 0.2) is 0 Å². The van der Waals surface area contributed by atoms with E-state index in [0.29, 0.717) is 0 Å². The second-order valence-electron chi connectivity index (χ2n) is 5.36. The maximum absolute atomic E-state index is 12.2. The molecule has 1 aromatic rings. The summed E-state index contributed by atoms with van der Waals surface area (Å²) in [6, 6.07) is 4.94. The van der Waals surface area contributed by atoms with E-state index in [0.717, 1.165) is 31.7 Å². The molecule has 0 bridgehead atoms. The van der Waals surface area contributed by atoms with Crippen LogP contribution in [0.5, 0.6) is 5.75 Å². The Hall–Kier alpha value is -1.92. The van der Waals surface area contributed by atoms with Crippen molar-refractivity contribution in [1.29, 1.82) is 0 Å². The summed E-state index contributed by atoms with van der Waals surface area (Å²) >= 11 is 0. The third kappa shape index (κ3) is 5.83. The van der Waals surface area contributed by atoms with E-state index in [1.54, 1.807) is 0 Å². The molecule has 7 heteroatoms. The molecule has 22 heavy (non-hydrogen) atoms. The number of rotatable bonds is 3. The minimum Gasteiger partial charge on any atom is -0.406 e. The highest BCUT2D eigenvalue weighted by atomic mass is 19.4. The topological polar surface area (TPSA) is 50.4 Å². The number of urea groups is 1. The predicted octanol–water partition coefficient (Wildman–Crippen LogP) is 4.43. The van der Waals surface area contributed by atoms with E-state index in [9.17, 15) is 18.0 Å². The number of nitrogens with one attached hydrogen (secondary N) is 2. The molecule has 0 unspecified atom stereocenters. The molecule has 0 saturated heterocycles. The van der Waals surface area contributed by atoms with Crippen LogP contribution in [0.15, 0.2) is 24.3 Å². The lowest BCUT2D eigenvalue weighted by atomic mass is 10.1. The van der Waals surface area contributed by atoms with E-state index in [2.05, 4.69) is 15.4 Å². The SMILES string of the molecule is O=C(Nc1cccc(OC(F)(F)F)c1)NC1CCCCCC1. The first-order valence-electron chi connectivity index (χ1n) is 7.36. The third-order valence-electron chi connectivity index (χ3n) is 3.52. The molecule has 2 amide bonds. The van der Waals surface area contributed by atoms with Gasteiger partial charge in [0.1, 0.15) is 5.75 Å². The molecule has 2 N–H and O–H groups in total. The number of amides is 2. The molecule has 4 nitrogen and oxygen atoms in total. The third-order valence-corrected chi connectivity index (χ3v) is 3.52. The van der Waals surface area contributed by atoms with Crippen LogP contribution in [0.25, 0.3) is 0 Å². The van der Waals surface area contributed by atoms with Gasteiger partial charge in [0.05, 0.1) is 0 Å². The Morgan fingerprint density at radius 1 is 1.14 bits per heavy atom. The monoisotopic (exact) mass is 316 g/mol. The molecule has 0 spiro atoms. The number of ether oxygens (including phenoxy) is 1. The summed E-state index contributed by atoms with van der Waals surface area (Å²) in [7, 11) is 0. The van der Waals surface area contributed by atoms with Gasteiger partial charge in [-0.2, -0.15) is 0 Å². The van der Waals surface area contributed by atoms with Crippen LogP contribution in [0.3, 0.4) is 0 Å². The van der Waals surface area contributed by atoms with Crippen molar-refractivity contribution in [2.24, 2.45) is 0 Å². The average molecular weight is 316 g/mol. The van der Waals surface area contributed by atoms with Crippen LogP contribution >= 0.6 is 0 Å². The first kappa shape index (κ1) is 16.5. The molecular weight excluding hydrogens is 297 g/mol. The molecule has 1 aliphatic rings. The maximum Gasteiger partial charge on any atom is 0.573 e. The number of hydrogen-bond donors (Lipinski definition) is 2. The quantitative estimate of drug-likeness (QED) is 0.811. The van der Waals surface area contributed by atoms with Gasteiger partial charge < -0.3 is 15.4 Å². The molecule has 1 fully saturated rings. The lowest BCUT2D eigenvalue weighted by molar-refractivity contribution is -0.274. The normalized spacial score (nSPS) is 16.7. The lowest BCUT2D eigenvalue weighted by Crippen LogP contribution is -2.37. The zero-order valence-corrected chi connectivity index (χ0v) is 12.1. The van der Waals surface area contributed by atoms with Crippen molar-refractivity contribution in [3.05, 3.63) is 24.3 Å². The van der Waals surface area contributed by atoms with E-state index in [1.807, 2.05) is 0 Å². The molecule has 0 aromatic heterocycles. The summed E-state index contributed by atoms with van der Waals surface area (Å²) in [6.07, 6.45) is 1.64. The minimum atomic E-state index is -4.75. The Kier molecular flexibility index (Phi) is 5.51. The summed E-state index contributed by atoms with van der Waals surface area (Å²) in [5.41, 5.74) is 0.257. The van der Waals surface area contributed by atoms with Crippen molar-refractivity contribution in [1.82, 2.24) is 5.32 Å². The number of anilines is 1. The highest BCUT2D eigenvalue weighted by molar-refractivity contribution is 5.89. The lowest BCUT2D eigenvalue weighted by Gasteiger charge is -2.17. The zero-order chi connectivity index (χ0) is 16.0. The summed E-state index contributed by atoms with van der Waals surface area (Å²) in [5, 5.41) is 5.40. The molecule has 0 radical (unpaired) electrons. The molecule has 1 saturated carbocycles. The summed E-state index contributed by atoms with van der Waals surface area (Å²) in [5.74, 6) is -0.361. The van der Waals surface area contributed by atoms with Crippen LogP contribution in [-0.4, -0.2) is 18.4 Å². The highest BCUT2D eigenvalue weighted by Gasteiger charge is 2.31. The maximum atomic E-state index is 12.2. The Morgan fingerprint density at radius 2 is 1.82 bits per heavy atom. The number of hydrogen-bond acceptors (Lipinski definition) is 2. The van der Waals surface area contributed by atoms with Gasteiger partial charge in [0.2, 0.25) is 0 Å². The number of benzene rings is 1. The van der Waals surface area contributed by atoms with Crippen molar-refractivity contribution in [2.75, 3.05) is 5.32 Å². The number of alkyl halides is 3. The van der Waals surface area contributed by atoms with Crippen LogP contribution in [0, 0.1) is 0 Å². The molecular formula is C15H19F3N2O2. The molecule has 1 aromatic carbocycles. The van der Waals surface area contributed by atoms with Crippen LogP contribution in [0.4, 0.5) is 23.7 Å². The van der Waals surface area contributed by atoms with Gasteiger partial charge in [-0.25, -0.2) is 4.79 Å². The highest BCUT2D eigenvalue weighted by Crippen LogP contribution is 2.25. The van der Waals surface area contributed by atoms with Gasteiger partial charge in [-0.3, -0.25) is 0 Å². The molecule has 0 atom stereocenters. The van der Waals surface area contributed by atoms with Gasteiger partial charge in [0, 0.05) is 17.8 Å². The van der Waals surface area contributed by atoms with Crippen molar-refractivity contribution in [3.8, 4) is 5.75 Å². The molecule has 0 aliphatic heterocycles. The van der Waals surface area contributed by atoms with Crippen molar-refractivity contribution in [3.63, 3.8) is 0 Å². The van der Waals surface area contributed by atoms with Crippen LogP contribution in [0.1, 0.15) is 38.5 Å². The number of carbonyl (C=O) groups is 1. The number of carbonyl (C=O) groups excluding carboxylic acids is 1. The molecule has 1 aliphatic carbocycles. The fourth-order valence-corrected chi connectivity index (χ4v) is 2.55. The van der Waals surface area contributed by atoms with Crippen molar-refractivity contribution >= 4 is 11.7 Å². The Balaban J connectivity index is 1.89. The number of halogens is 3. The summed E-state index contributed by atoms with van der Waals surface area (Å²) in [6.45, 7) is 0. The largest absolute Gasteiger partial charge is 0.573 e. The van der Waals surface area contributed by atoms with E-state index < -0.39 is 12.4 Å². The van der Waals surface area contributed by atoms with E-state index in [-0.39, 0.29) is 17.5 Å². The second kappa shape index (κ2) is 7.38. The fraction of sp³-hybridized carbons (Fsp3) is 0.533. The molecule has 0 heterocycles. The summed E-state index contributed by atoms with van der Waals surface area (Å²) in [4.78, 5) is 11.9. The predicted molar refractivity (Wildman–Crippen MR) is 76.8 cm³/mol. The Labute approximate surface area is 127 Å². The van der Waals surface area contributed by atoms with Gasteiger partial charge in [-0.05, 0) is 25.0 Å². The zero-order valence-electron chi connectivity index (χ0n) is 12.1. The van der Waals surface area contributed by atoms with E-state index >= 15 is 0 Å².